The highest BCUT2D eigenvalue weighted by Gasteiger charge is 2.21. The van der Waals surface area contributed by atoms with Crippen LogP contribution in [-0.2, 0) is 4.74 Å². The molecule has 1 saturated heterocycles. The summed E-state index contributed by atoms with van der Waals surface area (Å²) < 4.78 is 5.28. The highest BCUT2D eigenvalue weighted by Crippen LogP contribution is 2.09. The Labute approximate surface area is 81.4 Å². The van der Waals surface area contributed by atoms with Gasteiger partial charge in [0.1, 0.15) is 0 Å². The van der Waals surface area contributed by atoms with Crippen LogP contribution in [0.25, 0.3) is 0 Å². The van der Waals surface area contributed by atoms with Crippen molar-refractivity contribution in [3.8, 4) is 0 Å². The summed E-state index contributed by atoms with van der Waals surface area (Å²) in [4.78, 5) is 2.51. The van der Waals surface area contributed by atoms with E-state index in [2.05, 4.69) is 24.1 Å². The van der Waals surface area contributed by atoms with Gasteiger partial charge in [-0.15, -0.1) is 0 Å². The molecule has 3 heteroatoms. The zero-order valence-corrected chi connectivity index (χ0v) is 9.05. The Morgan fingerprint density at radius 3 is 2.85 bits per heavy atom. The van der Waals surface area contributed by atoms with Crippen LogP contribution in [0.5, 0.6) is 0 Å². The van der Waals surface area contributed by atoms with Crippen LogP contribution >= 0.6 is 0 Å². The summed E-state index contributed by atoms with van der Waals surface area (Å²) in [5, 5.41) is 3.40. The normalized spacial score (nSPS) is 25.4. The third-order valence-corrected chi connectivity index (χ3v) is 2.85. The predicted octanol–water partition coefficient (Wildman–Crippen LogP) is 0.705. The molecule has 1 fully saturated rings. The lowest BCUT2D eigenvalue weighted by molar-refractivity contribution is 0.0652. The largest absolute Gasteiger partial charge is 0.380 e. The van der Waals surface area contributed by atoms with E-state index in [1.165, 1.54) is 13.0 Å². The summed E-state index contributed by atoms with van der Waals surface area (Å²) >= 11 is 0. The lowest BCUT2D eigenvalue weighted by Crippen LogP contribution is -2.41. The molecule has 13 heavy (non-hydrogen) atoms. The lowest BCUT2D eigenvalue weighted by atomic mass is 10.2. The zero-order chi connectivity index (χ0) is 9.68. The van der Waals surface area contributed by atoms with E-state index in [9.17, 15) is 0 Å². The molecule has 3 nitrogen and oxygen atoms in total. The minimum Gasteiger partial charge on any atom is -0.380 e. The average molecular weight is 186 g/mol. The molecule has 2 unspecified atom stereocenters. The van der Waals surface area contributed by atoms with Gasteiger partial charge in [-0.25, -0.2) is 0 Å². The molecule has 0 radical (unpaired) electrons. The van der Waals surface area contributed by atoms with E-state index >= 15 is 0 Å². The molecular formula is C10H22N2O. The van der Waals surface area contributed by atoms with E-state index in [1.54, 1.807) is 7.11 Å². The maximum Gasteiger partial charge on any atom is 0.0670 e. The van der Waals surface area contributed by atoms with E-state index < -0.39 is 0 Å². The van der Waals surface area contributed by atoms with Crippen LogP contribution in [0.4, 0.5) is 0 Å². The van der Waals surface area contributed by atoms with Crippen molar-refractivity contribution in [3.05, 3.63) is 0 Å². The van der Waals surface area contributed by atoms with E-state index in [0.29, 0.717) is 6.10 Å². The topological polar surface area (TPSA) is 24.5 Å². The van der Waals surface area contributed by atoms with Gasteiger partial charge in [-0.05, 0) is 26.4 Å². The van der Waals surface area contributed by atoms with Crippen LogP contribution in [0.3, 0.4) is 0 Å². The van der Waals surface area contributed by atoms with Gasteiger partial charge in [-0.1, -0.05) is 6.92 Å². The number of hydrogen-bond acceptors (Lipinski definition) is 3. The summed E-state index contributed by atoms with van der Waals surface area (Å²) in [5.74, 6) is 0. The molecule has 1 heterocycles. The smallest absolute Gasteiger partial charge is 0.0670 e. The third kappa shape index (κ3) is 3.25. The molecule has 0 aromatic heterocycles. The standard InChI is InChI=1S/C10H22N2O/c1-4-12(8-9(2)13-3)10-5-6-11-7-10/h9-11H,4-8H2,1-3H3. The highest BCUT2D eigenvalue weighted by molar-refractivity contribution is 4.80. The molecule has 0 aromatic rings. The lowest BCUT2D eigenvalue weighted by Gasteiger charge is -2.28. The van der Waals surface area contributed by atoms with Crippen LogP contribution in [0.2, 0.25) is 0 Å². The Bertz CT molecular complexity index is 135. The van der Waals surface area contributed by atoms with E-state index in [0.717, 1.165) is 25.7 Å². The van der Waals surface area contributed by atoms with Crippen molar-refractivity contribution in [2.45, 2.75) is 32.4 Å². The van der Waals surface area contributed by atoms with Gasteiger partial charge in [0.25, 0.3) is 0 Å². The number of nitrogens with zero attached hydrogens (tertiary/aromatic N) is 1. The zero-order valence-electron chi connectivity index (χ0n) is 9.05. The van der Waals surface area contributed by atoms with Gasteiger partial charge in [-0.3, -0.25) is 4.90 Å². The molecule has 1 N–H and O–H groups in total. The molecule has 0 spiro atoms. The van der Waals surface area contributed by atoms with Gasteiger partial charge in [0, 0.05) is 26.2 Å². The molecule has 78 valence electrons. The van der Waals surface area contributed by atoms with Crippen LogP contribution in [-0.4, -0.2) is 50.3 Å². The molecule has 0 aromatic carbocycles. The van der Waals surface area contributed by atoms with Crippen molar-refractivity contribution in [2.24, 2.45) is 0 Å². The molecule has 1 aliphatic rings. The van der Waals surface area contributed by atoms with Crippen molar-refractivity contribution >= 4 is 0 Å². The number of rotatable bonds is 5. The second-order valence-corrected chi connectivity index (χ2v) is 3.78. The first kappa shape index (κ1) is 11.0. The third-order valence-electron chi connectivity index (χ3n) is 2.85. The van der Waals surface area contributed by atoms with Gasteiger partial charge in [-0.2, -0.15) is 0 Å². The number of hydrogen-bond donors (Lipinski definition) is 1. The molecule has 0 aliphatic carbocycles. The Hall–Kier alpha value is -0.120. The Morgan fingerprint density at radius 2 is 2.38 bits per heavy atom. The van der Waals surface area contributed by atoms with Crippen molar-refractivity contribution in [1.29, 1.82) is 0 Å². The highest BCUT2D eigenvalue weighted by atomic mass is 16.5. The summed E-state index contributed by atoms with van der Waals surface area (Å²) in [6, 6.07) is 0.725. The second kappa shape index (κ2) is 5.58. The van der Waals surface area contributed by atoms with Crippen molar-refractivity contribution < 1.29 is 4.74 Å². The number of nitrogens with one attached hydrogen (secondary N) is 1. The summed E-state index contributed by atoms with van der Waals surface area (Å²) in [5.41, 5.74) is 0. The SMILES string of the molecule is CCN(CC(C)OC)C1CCNC1. The molecule has 1 aliphatic heterocycles. The fraction of sp³-hybridized carbons (Fsp3) is 1.00. The summed E-state index contributed by atoms with van der Waals surface area (Å²) in [7, 11) is 1.78. The van der Waals surface area contributed by atoms with Crippen molar-refractivity contribution in [3.63, 3.8) is 0 Å². The second-order valence-electron chi connectivity index (χ2n) is 3.78. The van der Waals surface area contributed by atoms with E-state index in [1.807, 2.05) is 0 Å². The maximum absolute atomic E-state index is 5.28. The van der Waals surface area contributed by atoms with E-state index in [4.69, 9.17) is 4.74 Å². The molecule has 0 amide bonds. The van der Waals surface area contributed by atoms with Gasteiger partial charge in [0.05, 0.1) is 6.10 Å². The first-order valence-electron chi connectivity index (χ1n) is 5.25. The monoisotopic (exact) mass is 186 g/mol. The molecule has 0 bridgehead atoms. The van der Waals surface area contributed by atoms with Crippen molar-refractivity contribution in [2.75, 3.05) is 33.3 Å². The summed E-state index contributed by atoms with van der Waals surface area (Å²) in [6.45, 7) is 8.85. The van der Waals surface area contributed by atoms with Gasteiger partial charge in [0.15, 0.2) is 0 Å². The van der Waals surface area contributed by atoms with Crippen LogP contribution in [0.1, 0.15) is 20.3 Å². The minimum absolute atomic E-state index is 0.348. The predicted molar refractivity (Wildman–Crippen MR) is 55.0 cm³/mol. The quantitative estimate of drug-likeness (QED) is 0.684. The van der Waals surface area contributed by atoms with Gasteiger partial charge in [0.2, 0.25) is 0 Å². The molecule has 2 atom stereocenters. The van der Waals surface area contributed by atoms with Crippen molar-refractivity contribution in [1.82, 2.24) is 10.2 Å². The average Bonchev–Trinajstić information content (AvgIpc) is 2.66. The molecular weight excluding hydrogens is 164 g/mol. The first-order valence-corrected chi connectivity index (χ1v) is 5.25. The molecule has 1 rings (SSSR count). The maximum atomic E-state index is 5.28. The van der Waals surface area contributed by atoms with Crippen LogP contribution in [0.15, 0.2) is 0 Å². The fourth-order valence-corrected chi connectivity index (χ4v) is 1.89. The van der Waals surface area contributed by atoms with Gasteiger partial charge >= 0.3 is 0 Å². The fourth-order valence-electron chi connectivity index (χ4n) is 1.89. The van der Waals surface area contributed by atoms with Crippen LogP contribution < -0.4 is 5.32 Å². The summed E-state index contributed by atoms with van der Waals surface area (Å²) in [6.07, 6.45) is 1.63. The first-order chi connectivity index (χ1) is 6.27. The van der Waals surface area contributed by atoms with Gasteiger partial charge < -0.3 is 10.1 Å². The number of methoxy groups -OCH3 is 1. The molecule has 0 saturated carbocycles. The van der Waals surface area contributed by atoms with Crippen LogP contribution in [0, 0.1) is 0 Å². The number of likely N-dealkylation sites (N-methyl/N-ethyl adjacent to an activating group) is 1. The Balaban J connectivity index is 2.32. The van der Waals surface area contributed by atoms with E-state index in [-0.39, 0.29) is 0 Å². The Kier molecular flexibility index (Phi) is 4.70. The Morgan fingerprint density at radius 1 is 1.62 bits per heavy atom. The number of ether oxygens (including phenoxy) is 1. The minimum atomic E-state index is 0.348.